The number of amides is 1. The van der Waals surface area contributed by atoms with E-state index in [0.717, 1.165) is 37.8 Å². The number of halogens is 3. The number of carbonyl (C=O) groups excluding carboxylic acids is 1. The molecule has 1 heterocycles. The summed E-state index contributed by atoms with van der Waals surface area (Å²) in [5, 5.41) is 10.1. The summed E-state index contributed by atoms with van der Waals surface area (Å²) in [6.07, 6.45) is 0.487. The van der Waals surface area contributed by atoms with Gasteiger partial charge in [-0.15, -0.1) is 18.3 Å². The van der Waals surface area contributed by atoms with Crippen LogP contribution in [0.5, 0.6) is 5.75 Å². The largest absolute Gasteiger partial charge is 0.573 e. The highest BCUT2D eigenvalue weighted by molar-refractivity contribution is 6.03. The summed E-state index contributed by atoms with van der Waals surface area (Å²) in [5.74, 6) is -0.473. The van der Waals surface area contributed by atoms with E-state index in [-0.39, 0.29) is 17.5 Å². The predicted octanol–water partition coefficient (Wildman–Crippen LogP) is 4.27. The van der Waals surface area contributed by atoms with E-state index in [0.29, 0.717) is 5.89 Å². The average Bonchev–Trinajstić information content (AvgIpc) is 3.03. The van der Waals surface area contributed by atoms with Gasteiger partial charge in [-0.25, -0.2) is 0 Å². The molecule has 1 aromatic heterocycles. The molecule has 2 aromatic rings. The zero-order chi connectivity index (χ0) is 17.9. The van der Waals surface area contributed by atoms with Gasteiger partial charge in [0.2, 0.25) is 5.89 Å². The van der Waals surface area contributed by atoms with Crippen molar-refractivity contribution >= 4 is 11.9 Å². The number of hydrogen-bond acceptors (Lipinski definition) is 5. The summed E-state index contributed by atoms with van der Waals surface area (Å²) >= 11 is 0. The van der Waals surface area contributed by atoms with Crippen molar-refractivity contribution in [2.75, 3.05) is 5.32 Å². The highest BCUT2D eigenvalue weighted by atomic mass is 19.4. The lowest BCUT2D eigenvalue weighted by Gasteiger charge is -2.17. The van der Waals surface area contributed by atoms with Crippen LogP contribution in [-0.4, -0.2) is 22.5 Å². The van der Waals surface area contributed by atoms with Crippen LogP contribution in [0.4, 0.5) is 19.2 Å². The lowest BCUT2D eigenvalue weighted by Crippen LogP contribution is -2.18. The molecule has 1 amide bonds. The van der Waals surface area contributed by atoms with Gasteiger partial charge in [0.15, 0.2) is 0 Å². The Labute approximate surface area is 141 Å². The first kappa shape index (κ1) is 17.2. The summed E-state index contributed by atoms with van der Waals surface area (Å²) in [6, 6.07) is 4.67. The van der Waals surface area contributed by atoms with Gasteiger partial charge in [0.25, 0.3) is 5.91 Å². The summed E-state index contributed by atoms with van der Waals surface area (Å²) < 4.78 is 46.0. The maximum atomic E-state index is 12.2. The molecular formula is C16H16F3N3O3. The molecule has 1 fully saturated rings. The highest BCUT2D eigenvalue weighted by Crippen LogP contribution is 2.32. The second kappa shape index (κ2) is 7.12. The summed E-state index contributed by atoms with van der Waals surface area (Å²) in [5.41, 5.74) is -0.0147. The van der Waals surface area contributed by atoms with Crippen molar-refractivity contribution in [1.82, 2.24) is 10.2 Å². The van der Waals surface area contributed by atoms with Crippen LogP contribution in [0.2, 0.25) is 0 Å². The number of ether oxygens (including phenoxy) is 1. The quantitative estimate of drug-likeness (QED) is 0.886. The number of nitrogens with zero attached hydrogens (tertiary/aromatic N) is 2. The summed E-state index contributed by atoms with van der Waals surface area (Å²) in [4.78, 5) is 12.1. The molecule has 1 aliphatic carbocycles. The maximum Gasteiger partial charge on any atom is 0.573 e. The van der Waals surface area contributed by atoms with Crippen molar-refractivity contribution in [1.29, 1.82) is 0 Å². The van der Waals surface area contributed by atoms with E-state index in [1.165, 1.54) is 18.6 Å². The topological polar surface area (TPSA) is 77.3 Å². The SMILES string of the molecule is O=C(Nc1nnc(C2CCCCC2)o1)c1cccc(OC(F)(F)F)c1. The fourth-order valence-corrected chi connectivity index (χ4v) is 2.80. The van der Waals surface area contributed by atoms with Crippen LogP contribution in [-0.2, 0) is 0 Å². The third kappa shape index (κ3) is 4.71. The first-order chi connectivity index (χ1) is 11.9. The van der Waals surface area contributed by atoms with Crippen LogP contribution in [0.15, 0.2) is 28.7 Å². The van der Waals surface area contributed by atoms with Crippen LogP contribution in [0.25, 0.3) is 0 Å². The molecule has 1 N–H and O–H groups in total. The molecule has 0 aliphatic heterocycles. The van der Waals surface area contributed by atoms with E-state index in [2.05, 4.69) is 20.3 Å². The lowest BCUT2D eigenvalue weighted by atomic mass is 9.89. The molecule has 0 spiro atoms. The third-order valence-corrected chi connectivity index (χ3v) is 3.95. The number of rotatable bonds is 4. The number of alkyl halides is 3. The Balaban J connectivity index is 1.66. The summed E-state index contributed by atoms with van der Waals surface area (Å²) in [7, 11) is 0. The minimum atomic E-state index is -4.82. The molecule has 9 heteroatoms. The van der Waals surface area contributed by atoms with E-state index in [4.69, 9.17) is 4.42 Å². The van der Waals surface area contributed by atoms with Crippen LogP contribution in [0, 0.1) is 0 Å². The number of nitrogens with one attached hydrogen (secondary N) is 1. The number of benzene rings is 1. The number of hydrogen-bond donors (Lipinski definition) is 1. The van der Waals surface area contributed by atoms with E-state index in [9.17, 15) is 18.0 Å². The van der Waals surface area contributed by atoms with Gasteiger partial charge in [0.1, 0.15) is 5.75 Å². The Kier molecular flexibility index (Phi) is 4.91. The average molecular weight is 355 g/mol. The van der Waals surface area contributed by atoms with Crippen molar-refractivity contribution < 1.29 is 27.1 Å². The van der Waals surface area contributed by atoms with Gasteiger partial charge in [-0.05, 0) is 31.0 Å². The van der Waals surface area contributed by atoms with Gasteiger partial charge < -0.3 is 9.15 Å². The Bertz CT molecular complexity index is 739. The monoisotopic (exact) mass is 355 g/mol. The first-order valence-electron chi connectivity index (χ1n) is 7.91. The number of carbonyl (C=O) groups is 1. The maximum absolute atomic E-state index is 12.2. The molecule has 1 saturated carbocycles. The molecule has 0 unspecified atom stereocenters. The minimum absolute atomic E-state index is 0.0147. The number of aromatic nitrogens is 2. The van der Waals surface area contributed by atoms with Crippen LogP contribution >= 0.6 is 0 Å². The normalized spacial score (nSPS) is 15.8. The second-order valence-corrected chi connectivity index (χ2v) is 5.81. The smallest absolute Gasteiger partial charge is 0.408 e. The van der Waals surface area contributed by atoms with E-state index < -0.39 is 18.0 Å². The van der Waals surface area contributed by atoms with E-state index in [1.807, 2.05) is 0 Å². The van der Waals surface area contributed by atoms with Crippen LogP contribution in [0.3, 0.4) is 0 Å². The standard InChI is InChI=1S/C16H16F3N3O3/c17-16(18,19)25-12-8-4-7-11(9-12)13(23)20-15-22-21-14(24-15)10-5-2-1-3-6-10/h4,7-10H,1-3,5-6H2,(H,20,22,23). The van der Waals surface area contributed by atoms with Gasteiger partial charge in [-0.2, -0.15) is 0 Å². The molecule has 6 nitrogen and oxygen atoms in total. The van der Waals surface area contributed by atoms with Gasteiger partial charge in [-0.1, -0.05) is 30.4 Å². The molecule has 0 atom stereocenters. The molecule has 0 bridgehead atoms. The van der Waals surface area contributed by atoms with E-state index in [1.54, 1.807) is 0 Å². The minimum Gasteiger partial charge on any atom is -0.408 e. The van der Waals surface area contributed by atoms with Gasteiger partial charge in [-0.3, -0.25) is 10.1 Å². The fourth-order valence-electron chi connectivity index (χ4n) is 2.80. The Hall–Kier alpha value is -2.58. The fraction of sp³-hybridized carbons (Fsp3) is 0.438. The van der Waals surface area contributed by atoms with Crippen LogP contribution < -0.4 is 10.1 Å². The van der Waals surface area contributed by atoms with Gasteiger partial charge in [0.05, 0.1) is 0 Å². The molecule has 0 radical (unpaired) electrons. The Morgan fingerprint density at radius 1 is 1.20 bits per heavy atom. The van der Waals surface area contributed by atoms with Crippen molar-refractivity contribution in [2.45, 2.75) is 44.4 Å². The molecular weight excluding hydrogens is 339 g/mol. The molecule has 0 saturated heterocycles. The Morgan fingerprint density at radius 2 is 1.96 bits per heavy atom. The molecule has 134 valence electrons. The van der Waals surface area contributed by atoms with Crippen molar-refractivity contribution in [3.8, 4) is 5.75 Å². The molecule has 3 rings (SSSR count). The van der Waals surface area contributed by atoms with E-state index >= 15 is 0 Å². The Morgan fingerprint density at radius 3 is 2.68 bits per heavy atom. The predicted molar refractivity (Wildman–Crippen MR) is 81.2 cm³/mol. The van der Waals surface area contributed by atoms with Crippen molar-refractivity contribution in [3.63, 3.8) is 0 Å². The molecule has 1 aliphatic rings. The number of anilines is 1. The van der Waals surface area contributed by atoms with Gasteiger partial charge in [0, 0.05) is 11.5 Å². The molecule has 1 aromatic carbocycles. The zero-order valence-electron chi connectivity index (χ0n) is 13.2. The third-order valence-electron chi connectivity index (χ3n) is 3.95. The summed E-state index contributed by atoms with van der Waals surface area (Å²) in [6.45, 7) is 0. The van der Waals surface area contributed by atoms with Crippen molar-refractivity contribution in [3.05, 3.63) is 35.7 Å². The second-order valence-electron chi connectivity index (χ2n) is 5.81. The van der Waals surface area contributed by atoms with Crippen molar-refractivity contribution in [2.24, 2.45) is 0 Å². The zero-order valence-corrected chi connectivity index (χ0v) is 13.2. The van der Waals surface area contributed by atoms with Crippen LogP contribution in [0.1, 0.15) is 54.3 Å². The lowest BCUT2D eigenvalue weighted by molar-refractivity contribution is -0.274. The van der Waals surface area contributed by atoms with Gasteiger partial charge >= 0.3 is 12.4 Å². The highest BCUT2D eigenvalue weighted by Gasteiger charge is 2.31. The first-order valence-corrected chi connectivity index (χ1v) is 7.91. The molecule has 25 heavy (non-hydrogen) atoms.